The SMILES string of the molecule is O=Cc1ccc(Oc2ccc(CC3COCC(=O)N3)cc2)cc1. The maximum Gasteiger partial charge on any atom is 0.246 e. The van der Waals surface area contributed by atoms with Crippen LogP contribution in [0.2, 0.25) is 0 Å². The molecule has 1 aliphatic rings. The molecule has 0 bridgehead atoms. The molecule has 1 atom stereocenters. The molecule has 1 unspecified atom stereocenters. The Hall–Kier alpha value is -2.66. The van der Waals surface area contributed by atoms with Gasteiger partial charge in [-0.05, 0) is 48.4 Å². The summed E-state index contributed by atoms with van der Waals surface area (Å²) in [6, 6.07) is 14.7. The molecule has 0 spiro atoms. The fraction of sp³-hybridized carbons (Fsp3) is 0.222. The highest BCUT2D eigenvalue weighted by Crippen LogP contribution is 2.22. The Morgan fingerprint density at radius 2 is 1.74 bits per heavy atom. The van der Waals surface area contributed by atoms with E-state index in [1.54, 1.807) is 24.3 Å². The number of carbonyl (C=O) groups excluding carboxylic acids is 2. The van der Waals surface area contributed by atoms with Crippen LogP contribution in [0.25, 0.3) is 0 Å². The van der Waals surface area contributed by atoms with Crippen LogP contribution in [0.4, 0.5) is 0 Å². The van der Waals surface area contributed by atoms with Gasteiger partial charge in [0.05, 0.1) is 12.6 Å². The second-order valence-corrected chi connectivity index (χ2v) is 5.42. The van der Waals surface area contributed by atoms with E-state index in [-0.39, 0.29) is 18.6 Å². The Labute approximate surface area is 134 Å². The van der Waals surface area contributed by atoms with Gasteiger partial charge in [-0.25, -0.2) is 0 Å². The van der Waals surface area contributed by atoms with Gasteiger partial charge in [0.2, 0.25) is 5.91 Å². The van der Waals surface area contributed by atoms with Crippen LogP contribution in [0.15, 0.2) is 48.5 Å². The van der Waals surface area contributed by atoms with E-state index in [0.717, 1.165) is 24.0 Å². The molecule has 0 saturated carbocycles. The van der Waals surface area contributed by atoms with Crippen molar-refractivity contribution in [2.45, 2.75) is 12.5 Å². The smallest absolute Gasteiger partial charge is 0.246 e. The Balaban J connectivity index is 1.59. The zero-order valence-corrected chi connectivity index (χ0v) is 12.5. The molecule has 0 aliphatic carbocycles. The van der Waals surface area contributed by atoms with E-state index in [9.17, 15) is 9.59 Å². The Morgan fingerprint density at radius 1 is 1.09 bits per heavy atom. The van der Waals surface area contributed by atoms with Crippen LogP contribution in [-0.2, 0) is 16.0 Å². The normalized spacial score (nSPS) is 17.4. The molecule has 118 valence electrons. The predicted molar refractivity (Wildman–Crippen MR) is 84.8 cm³/mol. The first kappa shape index (κ1) is 15.2. The molecule has 2 aromatic rings. The van der Waals surface area contributed by atoms with Crippen LogP contribution >= 0.6 is 0 Å². The van der Waals surface area contributed by atoms with Gasteiger partial charge in [-0.15, -0.1) is 0 Å². The zero-order chi connectivity index (χ0) is 16.1. The van der Waals surface area contributed by atoms with Crippen molar-refractivity contribution in [3.8, 4) is 11.5 Å². The zero-order valence-electron chi connectivity index (χ0n) is 12.5. The van der Waals surface area contributed by atoms with Crippen molar-refractivity contribution in [1.82, 2.24) is 5.32 Å². The number of morpholine rings is 1. The van der Waals surface area contributed by atoms with Crippen molar-refractivity contribution in [3.05, 3.63) is 59.7 Å². The van der Waals surface area contributed by atoms with Gasteiger partial charge in [-0.3, -0.25) is 9.59 Å². The van der Waals surface area contributed by atoms with E-state index in [4.69, 9.17) is 9.47 Å². The maximum absolute atomic E-state index is 11.3. The molecule has 0 aromatic heterocycles. The standard InChI is InChI=1S/C18H17NO4/c20-10-14-3-7-17(8-4-14)23-16-5-1-13(2-6-16)9-15-11-22-12-18(21)19-15/h1-8,10,15H,9,11-12H2,(H,19,21). The number of ether oxygens (including phenoxy) is 2. The number of carbonyl (C=O) groups is 2. The molecule has 0 radical (unpaired) electrons. The maximum atomic E-state index is 11.3. The summed E-state index contributed by atoms with van der Waals surface area (Å²) < 4.78 is 11.0. The molecule has 23 heavy (non-hydrogen) atoms. The number of amides is 1. The van der Waals surface area contributed by atoms with E-state index < -0.39 is 0 Å². The largest absolute Gasteiger partial charge is 0.457 e. The molecule has 1 saturated heterocycles. The summed E-state index contributed by atoms with van der Waals surface area (Å²) in [5.74, 6) is 1.33. The van der Waals surface area contributed by atoms with Crippen molar-refractivity contribution >= 4 is 12.2 Å². The van der Waals surface area contributed by atoms with Crippen molar-refractivity contribution in [2.75, 3.05) is 13.2 Å². The summed E-state index contributed by atoms with van der Waals surface area (Å²) in [5.41, 5.74) is 1.72. The van der Waals surface area contributed by atoms with Crippen molar-refractivity contribution in [3.63, 3.8) is 0 Å². The van der Waals surface area contributed by atoms with E-state index >= 15 is 0 Å². The number of hydrogen-bond acceptors (Lipinski definition) is 4. The summed E-state index contributed by atoms with van der Waals surface area (Å²) in [6.07, 6.45) is 1.52. The Morgan fingerprint density at radius 3 is 2.35 bits per heavy atom. The average molecular weight is 311 g/mol. The summed E-state index contributed by atoms with van der Waals surface area (Å²) in [6.45, 7) is 0.680. The minimum Gasteiger partial charge on any atom is -0.457 e. The van der Waals surface area contributed by atoms with Gasteiger partial charge in [-0.1, -0.05) is 12.1 Å². The van der Waals surface area contributed by atoms with Gasteiger partial charge in [0, 0.05) is 5.56 Å². The first-order chi connectivity index (χ1) is 11.2. The molecule has 1 amide bonds. The van der Waals surface area contributed by atoms with Gasteiger partial charge in [-0.2, -0.15) is 0 Å². The quantitative estimate of drug-likeness (QED) is 0.861. The average Bonchev–Trinajstić information content (AvgIpc) is 2.57. The number of nitrogens with one attached hydrogen (secondary N) is 1. The van der Waals surface area contributed by atoms with Gasteiger partial charge < -0.3 is 14.8 Å². The molecule has 1 heterocycles. The molecule has 3 rings (SSSR count). The second kappa shape index (κ2) is 7.07. The number of hydrogen-bond donors (Lipinski definition) is 1. The van der Waals surface area contributed by atoms with Crippen LogP contribution in [0.5, 0.6) is 11.5 Å². The molecule has 5 heteroatoms. The Bertz CT molecular complexity index is 679. The predicted octanol–water partition coefficient (Wildman–Crippen LogP) is 2.35. The molecular weight excluding hydrogens is 294 g/mol. The van der Waals surface area contributed by atoms with Crippen molar-refractivity contribution in [1.29, 1.82) is 0 Å². The first-order valence-electron chi connectivity index (χ1n) is 7.42. The minimum absolute atomic E-state index is 0.0129. The molecule has 1 aliphatic heterocycles. The lowest BCUT2D eigenvalue weighted by molar-refractivity contribution is -0.131. The third kappa shape index (κ3) is 4.17. The topological polar surface area (TPSA) is 64.6 Å². The van der Waals surface area contributed by atoms with E-state index in [1.165, 1.54) is 0 Å². The summed E-state index contributed by atoms with van der Waals surface area (Å²) in [7, 11) is 0. The molecule has 2 aromatic carbocycles. The molecule has 5 nitrogen and oxygen atoms in total. The van der Waals surface area contributed by atoms with Crippen LogP contribution in [0, 0.1) is 0 Å². The summed E-state index contributed by atoms with van der Waals surface area (Å²) in [4.78, 5) is 21.9. The lowest BCUT2D eigenvalue weighted by atomic mass is 10.1. The van der Waals surface area contributed by atoms with Gasteiger partial charge in [0.15, 0.2) is 0 Å². The third-order valence-corrected chi connectivity index (χ3v) is 3.57. The fourth-order valence-electron chi connectivity index (χ4n) is 2.44. The van der Waals surface area contributed by atoms with E-state index in [1.807, 2.05) is 24.3 Å². The molecular formula is C18H17NO4. The lowest BCUT2D eigenvalue weighted by Gasteiger charge is -2.23. The third-order valence-electron chi connectivity index (χ3n) is 3.57. The first-order valence-corrected chi connectivity index (χ1v) is 7.42. The fourth-order valence-corrected chi connectivity index (χ4v) is 2.44. The summed E-state index contributed by atoms with van der Waals surface area (Å²) in [5, 5.41) is 2.91. The van der Waals surface area contributed by atoms with Gasteiger partial charge in [0.25, 0.3) is 0 Å². The highest BCUT2D eigenvalue weighted by Gasteiger charge is 2.18. The molecule has 1 N–H and O–H groups in total. The van der Waals surface area contributed by atoms with Crippen molar-refractivity contribution < 1.29 is 19.1 Å². The van der Waals surface area contributed by atoms with Crippen LogP contribution in [0.1, 0.15) is 15.9 Å². The lowest BCUT2D eigenvalue weighted by Crippen LogP contribution is -2.46. The summed E-state index contributed by atoms with van der Waals surface area (Å²) >= 11 is 0. The highest BCUT2D eigenvalue weighted by molar-refractivity contribution is 5.78. The van der Waals surface area contributed by atoms with Crippen LogP contribution in [-0.4, -0.2) is 31.4 Å². The number of rotatable bonds is 5. The van der Waals surface area contributed by atoms with Gasteiger partial charge >= 0.3 is 0 Å². The van der Waals surface area contributed by atoms with Gasteiger partial charge in [0.1, 0.15) is 24.4 Å². The van der Waals surface area contributed by atoms with Crippen LogP contribution in [0.3, 0.4) is 0 Å². The molecule has 1 fully saturated rings. The second-order valence-electron chi connectivity index (χ2n) is 5.42. The van der Waals surface area contributed by atoms with E-state index in [2.05, 4.69) is 5.32 Å². The monoisotopic (exact) mass is 311 g/mol. The van der Waals surface area contributed by atoms with E-state index in [0.29, 0.717) is 17.9 Å². The van der Waals surface area contributed by atoms with Crippen molar-refractivity contribution in [2.24, 2.45) is 0 Å². The number of aldehydes is 1. The Kier molecular flexibility index (Phi) is 4.68. The van der Waals surface area contributed by atoms with Crippen LogP contribution < -0.4 is 10.1 Å². The highest BCUT2D eigenvalue weighted by atomic mass is 16.5. The number of benzene rings is 2. The minimum atomic E-state index is -0.0695.